The van der Waals surface area contributed by atoms with Gasteiger partial charge in [-0.2, -0.15) is 0 Å². The molecule has 0 aromatic heterocycles. The summed E-state index contributed by atoms with van der Waals surface area (Å²) in [6.07, 6.45) is 0.772. The van der Waals surface area contributed by atoms with E-state index in [1.165, 1.54) is 0 Å². The molecule has 0 atom stereocenters. The predicted molar refractivity (Wildman–Crippen MR) is 34.4 cm³/mol. The Morgan fingerprint density at radius 3 is 2.75 bits per heavy atom. The fourth-order valence-corrected chi connectivity index (χ4v) is 0.437. The van der Waals surface area contributed by atoms with E-state index in [1.807, 2.05) is 6.92 Å². The SMILES string of the molecule is C=C(CCN)OCC. The molecule has 0 aromatic rings. The Labute approximate surface area is 50.3 Å². The summed E-state index contributed by atoms with van der Waals surface area (Å²) in [5, 5.41) is 0. The monoisotopic (exact) mass is 115 g/mol. The summed E-state index contributed by atoms with van der Waals surface area (Å²) >= 11 is 0. The van der Waals surface area contributed by atoms with E-state index in [0.29, 0.717) is 13.2 Å². The second-order valence-corrected chi connectivity index (χ2v) is 1.51. The summed E-state index contributed by atoms with van der Waals surface area (Å²) in [5.41, 5.74) is 5.22. The molecule has 2 nitrogen and oxygen atoms in total. The highest BCUT2D eigenvalue weighted by atomic mass is 16.5. The fourth-order valence-electron chi connectivity index (χ4n) is 0.437. The second kappa shape index (κ2) is 4.65. The lowest BCUT2D eigenvalue weighted by molar-refractivity contribution is 0.221. The molecule has 0 rings (SSSR count). The topological polar surface area (TPSA) is 35.2 Å². The summed E-state index contributed by atoms with van der Waals surface area (Å²) in [6.45, 7) is 6.88. The molecule has 0 amide bonds. The molecule has 8 heavy (non-hydrogen) atoms. The van der Waals surface area contributed by atoms with Crippen LogP contribution in [0.4, 0.5) is 0 Å². The minimum Gasteiger partial charge on any atom is -0.499 e. The van der Waals surface area contributed by atoms with Crippen LogP contribution < -0.4 is 5.73 Å². The Hall–Kier alpha value is -0.500. The third kappa shape index (κ3) is 3.68. The maximum Gasteiger partial charge on any atom is 0.0900 e. The van der Waals surface area contributed by atoms with Gasteiger partial charge in [-0.3, -0.25) is 0 Å². The predicted octanol–water partition coefficient (Wildman–Crippen LogP) is 0.885. The lowest BCUT2D eigenvalue weighted by Crippen LogP contribution is -2.01. The standard InChI is InChI=1S/C6H13NO/c1-3-8-6(2)4-5-7/h2-5,7H2,1H3. The Balaban J connectivity index is 3.06. The van der Waals surface area contributed by atoms with Gasteiger partial charge in [0, 0.05) is 6.42 Å². The quantitative estimate of drug-likeness (QED) is 0.552. The van der Waals surface area contributed by atoms with Crippen molar-refractivity contribution < 1.29 is 4.74 Å². The van der Waals surface area contributed by atoms with Crippen molar-refractivity contribution in [3.8, 4) is 0 Å². The van der Waals surface area contributed by atoms with E-state index in [-0.39, 0.29) is 0 Å². The van der Waals surface area contributed by atoms with E-state index in [1.54, 1.807) is 0 Å². The average Bonchev–Trinajstić information content (AvgIpc) is 1.68. The van der Waals surface area contributed by atoms with Gasteiger partial charge in [0.05, 0.1) is 12.4 Å². The van der Waals surface area contributed by atoms with E-state index in [9.17, 15) is 0 Å². The van der Waals surface area contributed by atoms with Crippen LogP contribution in [0.5, 0.6) is 0 Å². The van der Waals surface area contributed by atoms with Crippen molar-refractivity contribution in [2.24, 2.45) is 5.73 Å². The molecule has 2 N–H and O–H groups in total. The molecule has 0 aliphatic rings. The lowest BCUT2D eigenvalue weighted by atomic mass is 10.4. The zero-order valence-electron chi connectivity index (χ0n) is 5.31. The molecule has 2 heteroatoms. The average molecular weight is 115 g/mol. The first-order chi connectivity index (χ1) is 3.81. The highest BCUT2D eigenvalue weighted by molar-refractivity contribution is 4.81. The van der Waals surface area contributed by atoms with E-state index in [4.69, 9.17) is 10.5 Å². The van der Waals surface area contributed by atoms with Crippen molar-refractivity contribution in [3.05, 3.63) is 12.3 Å². The van der Waals surface area contributed by atoms with Crippen molar-refractivity contribution >= 4 is 0 Å². The molecular weight excluding hydrogens is 102 g/mol. The normalized spacial score (nSPS) is 8.75. The minimum absolute atomic E-state index is 0.624. The van der Waals surface area contributed by atoms with Crippen molar-refractivity contribution in [2.45, 2.75) is 13.3 Å². The van der Waals surface area contributed by atoms with Crippen LogP contribution in [0.2, 0.25) is 0 Å². The molecule has 0 aliphatic carbocycles. The maximum atomic E-state index is 5.22. The van der Waals surface area contributed by atoms with Crippen LogP contribution in [0.1, 0.15) is 13.3 Å². The molecule has 0 bridgehead atoms. The smallest absolute Gasteiger partial charge is 0.0900 e. The molecule has 0 radical (unpaired) electrons. The first kappa shape index (κ1) is 7.50. The molecule has 0 saturated carbocycles. The van der Waals surface area contributed by atoms with E-state index in [0.717, 1.165) is 12.2 Å². The van der Waals surface area contributed by atoms with Crippen molar-refractivity contribution in [2.75, 3.05) is 13.2 Å². The Morgan fingerprint density at radius 2 is 2.38 bits per heavy atom. The van der Waals surface area contributed by atoms with Gasteiger partial charge in [0.1, 0.15) is 0 Å². The van der Waals surface area contributed by atoms with E-state index < -0.39 is 0 Å². The number of hydrogen-bond donors (Lipinski definition) is 1. The molecule has 0 fully saturated rings. The first-order valence-electron chi connectivity index (χ1n) is 2.82. The number of ether oxygens (including phenoxy) is 1. The van der Waals surface area contributed by atoms with Crippen molar-refractivity contribution in [1.29, 1.82) is 0 Å². The second-order valence-electron chi connectivity index (χ2n) is 1.51. The van der Waals surface area contributed by atoms with E-state index >= 15 is 0 Å². The van der Waals surface area contributed by atoms with Gasteiger partial charge in [-0.1, -0.05) is 6.58 Å². The summed E-state index contributed by atoms with van der Waals surface area (Å²) in [7, 11) is 0. The lowest BCUT2D eigenvalue weighted by Gasteiger charge is -2.02. The van der Waals surface area contributed by atoms with Gasteiger partial charge in [-0.25, -0.2) is 0 Å². The number of hydrogen-bond acceptors (Lipinski definition) is 2. The van der Waals surface area contributed by atoms with Crippen LogP contribution in [0.25, 0.3) is 0 Å². The molecule has 0 unspecified atom stereocenters. The van der Waals surface area contributed by atoms with Crippen molar-refractivity contribution in [3.63, 3.8) is 0 Å². The largest absolute Gasteiger partial charge is 0.499 e. The minimum atomic E-state index is 0.624. The third-order valence-electron chi connectivity index (χ3n) is 0.772. The van der Waals surface area contributed by atoms with Gasteiger partial charge >= 0.3 is 0 Å². The Morgan fingerprint density at radius 1 is 1.75 bits per heavy atom. The van der Waals surface area contributed by atoms with Gasteiger partial charge in [-0.05, 0) is 13.5 Å². The molecule has 0 aliphatic heterocycles. The van der Waals surface area contributed by atoms with Crippen molar-refractivity contribution in [1.82, 2.24) is 0 Å². The number of rotatable bonds is 4. The summed E-state index contributed by atoms with van der Waals surface area (Å²) in [6, 6.07) is 0. The van der Waals surface area contributed by atoms with Crippen LogP contribution in [-0.4, -0.2) is 13.2 Å². The molecular formula is C6H13NO. The van der Waals surface area contributed by atoms with Crippen LogP contribution in [0.3, 0.4) is 0 Å². The van der Waals surface area contributed by atoms with Crippen LogP contribution in [0.15, 0.2) is 12.3 Å². The van der Waals surface area contributed by atoms with Gasteiger partial charge in [0.25, 0.3) is 0 Å². The van der Waals surface area contributed by atoms with Crippen LogP contribution in [-0.2, 0) is 4.74 Å². The van der Waals surface area contributed by atoms with E-state index in [2.05, 4.69) is 6.58 Å². The van der Waals surface area contributed by atoms with Gasteiger partial charge < -0.3 is 10.5 Å². The van der Waals surface area contributed by atoms with Gasteiger partial charge in [0.2, 0.25) is 0 Å². The highest BCUT2D eigenvalue weighted by Crippen LogP contribution is 1.95. The molecule has 48 valence electrons. The maximum absolute atomic E-state index is 5.22. The van der Waals surface area contributed by atoms with Gasteiger partial charge in [-0.15, -0.1) is 0 Å². The molecule has 0 spiro atoms. The first-order valence-corrected chi connectivity index (χ1v) is 2.82. The zero-order valence-corrected chi connectivity index (χ0v) is 5.31. The number of nitrogens with two attached hydrogens (primary N) is 1. The zero-order chi connectivity index (χ0) is 6.41. The third-order valence-corrected chi connectivity index (χ3v) is 0.772. The summed E-state index contributed by atoms with van der Waals surface area (Å²) in [5.74, 6) is 0.787. The van der Waals surface area contributed by atoms with Gasteiger partial charge in [0.15, 0.2) is 0 Å². The molecule has 0 heterocycles. The highest BCUT2D eigenvalue weighted by Gasteiger charge is 1.87. The Bertz CT molecular complexity index is 62.9. The summed E-state index contributed by atoms with van der Waals surface area (Å²) < 4.78 is 5.01. The summed E-state index contributed by atoms with van der Waals surface area (Å²) in [4.78, 5) is 0. The fraction of sp³-hybridized carbons (Fsp3) is 0.667. The Kier molecular flexibility index (Phi) is 4.36. The molecule has 0 aromatic carbocycles. The molecule has 0 saturated heterocycles. The van der Waals surface area contributed by atoms with Crippen LogP contribution in [0, 0.1) is 0 Å². The van der Waals surface area contributed by atoms with Crippen LogP contribution >= 0.6 is 0 Å².